The van der Waals surface area contributed by atoms with Crippen LogP contribution in [0, 0.1) is 34.5 Å². The quantitative estimate of drug-likeness (QED) is 0.518. The van der Waals surface area contributed by atoms with Crippen LogP contribution >= 0.6 is 0 Å². The average molecular weight is 415 g/mol. The van der Waals surface area contributed by atoms with Gasteiger partial charge in [0.25, 0.3) is 0 Å². The highest BCUT2D eigenvalue weighted by Gasteiger charge is 2.66. The van der Waals surface area contributed by atoms with Gasteiger partial charge in [-0.05, 0) is 74.0 Å². The van der Waals surface area contributed by atoms with Crippen molar-refractivity contribution < 1.29 is 19.4 Å². The first-order valence-electron chi connectivity index (χ1n) is 12.1. The second kappa shape index (κ2) is 7.20. The highest BCUT2D eigenvalue weighted by atomic mass is 16.6. The summed E-state index contributed by atoms with van der Waals surface area (Å²) in [5.41, 5.74) is 3.54. The maximum atomic E-state index is 11.5. The van der Waals surface area contributed by atoms with Gasteiger partial charge in [0.05, 0.1) is 19.3 Å². The van der Waals surface area contributed by atoms with Crippen LogP contribution in [0.5, 0.6) is 0 Å². The molecule has 1 heterocycles. The number of ether oxygens (including phenoxy) is 2. The first kappa shape index (κ1) is 20.8. The van der Waals surface area contributed by atoms with Crippen LogP contribution in [0.15, 0.2) is 23.3 Å². The number of aliphatic hydroxyl groups excluding tert-OH is 1. The van der Waals surface area contributed by atoms with E-state index < -0.39 is 0 Å². The molecule has 1 aliphatic heterocycles. The first-order valence-corrected chi connectivity index (χ1v) is 12.1. The first-order chi connectivity index (χ1) is 14.3. The summed E-state index contributed by atoms with van der Waals surface area (Å²) < 4.78 is 10.8. The van der Waals surface area contributed by atoms with E-state index >= 15 is 0 Å². The third-order valence-electron chi connectivity index (χ3n) is 9.96. The van der Waals surface area contributed by atoms with Gasteiger partial charge in [-0.1, -0.05) is 44.1 Å². The minimum absolute atomic E-state index is 0.0611. The van der Waals surface area contributed by atoms with Crippen molar-refractivity contribution in [3.63, 3.8) is 0 Å². The van der Waals surface area contributed by atoms with E-state index in [1.54, 1.807) is 5.57 Å². The zero-order chi connectivity index (χ0) is 21.3. The number of carbonyl (C=O) groups excluding carboxylic acids is 1. The summed E-state index contributed by atoms with van der Waals surface area (Å²) in [7, 11) is 1.48. The van der Waals surface area contributed by atoms with Gasteiger partial charge in [-0.15, -0.1) is 0 Å². The van der Waals surface area contributed by atoms with Crippen LogP contribution in [-0.2, 0) is 14.3 Å². The largest absolute Gasteiger partial charge is 0.469 e. The van der Waals surface area contributed by atoms with Crippen molar-refractivity contribution in [2.24, 2.45) is 34.5 Å². The van der Waals surface area contributed by atoms with E-state index in [4.69, 9.17) is 9.47 Å². The fourth-order valence-electron chi connectivity index (χ4n) is 8.23. The zero-order valence-corrected chi connectivity index (χ0v) is 19.0. The lowest BCUT2D eigenvalue weighted by Crippen LogP contribution is -2.49. The zero-order valence-electron chi connectivity index (χ0n) is 19.0. The van der Waals surface area contributed by atoms with Crippen molar-refractivity contribution in [3.05, 3.63) is 23.3 Å². The highest BCUT2D eigenvalue weighted by Crippen LogP contribution is 2.68. The number of hydrogen-bond donors (Lipinski definition) is 1. The van der Waals surface area contributed by atoms with Crippen LogP contribution < -0.4 is 0 Å². The Hall–Kier alpha value is -1.13. The molecule has 166 valence electrons. The Morgan fingerprint density at radius 2 is 2.07 bits per heavy atom. The lowest BCUT2D eigenvalue weighted by atomic mass is 9.50. The number of aliphatic hydroxyl groups is 1. The van der Waals surface area contributed by atoms with E-state index in [1.165, 1.54) is 38.4 Å². The van der Waals surface area contributed by atoms with E-state index in [1.807, 2.05) is 0 Å². The van der Waals surface area contributed by atoms with E-state index in [-0.39, 0.29) is 29.7 Å². The molecule has 0 aromatic heterocycles. The van der Waals surface area contributed by atoms with Crippen LogP contribution in [0.25, 0.3) is 0 Å². The second-order valence-electron chi connectivity index (χ2n) is 11.2. The summed E-state index contributed by atoms with van der Waals surface area (Å²) in [5, 5.41) is 10.4. The number of allylic oxidation sites excluding steroid dienone is 3. The van der Waals surface area contributed by atoms with Gasteiger partial charge in [0.1, 0.15) is 6.10 Å². The van der Waals surface area contributed by atoms with Crippen LogP contribution in [0.3, 0.4) is 0 Å². The normalized spacial score (nSPS) is 47.1. The third-order valence-corrected chi connectivity index (χ3v) is 9.96. The maximum absolute atomic E-state index is 11.5. The molecule has 0 spiro atoms. The molecular weight excluding hydrogens is 376 g/mol. The van der Waals surface area contributed by atoms with Crippen LogP contribution in [0.4, 0.5) is 0 Å². The number of esters is 1. The van der Waals surface area contributed by atoms with Gasteiger partial charge in [0.15, 0.2) is 0 Å². The number of methoxy groups -OCH3 is 1. The maximum Gasteiger partial charge on any atom is 0.305 e. The van der Waals surface area contributed by atoms with Crippen LogP contribution in [0.1, 0.15) is 72.1 Å². The number of epoxide rings is 1. The molecule has 9 atom stereocenters. The summed E-state index contributed by atoms with van der Waals surface area (Å²) >= 11 is 0. The molecule has 4 fully saturated rings. The van der Waals surface area contributed by atoms with E-state index in [0.29, 0.717) is 29.6 Å². The van der Waals surface area contributed by atoms with Crippen LogP contribution in [0.2, 0.25) is 0 Å². The number of carbonyl (C=O) groups is 1. The van der Waals surface area contributed by atoms with Gasteiger partial charge in [0.2, 0.25) is 0 Å². The molecule has 0 aromatic carbocycles. The molecule has 0 amide bonds. The summed E-state index contributed by atoms with van der Waals surface area (Å²) in [6.07, 6.45) is 13.2. The fraction of sp³-hybridized carbons (Fsp3) is 0.808. The Kier molecular flexibility index (Phi) is 4.98. The summed E-state index contributed by atoms with van der Waals surface area (Å²) in [6, 6.07) is 0. The smallest absolute Gasteiger partial charge is 0.305 e. The molecule has 1 saturated heterocycles. The van der Waals surface area contributed by atoms with Gasteiger partial charge >= 0.3 is 5.97 Å². The molecule has 0 radical (unpaired) electrons. The Morgan fingerprint density at radius 1 is 1.27 bits per heavy atom. The molecule has 4 nitrogen and oxygen atoms in total. The minimum atomic E-state index is -0.320. The molecule has 4 heteroatoms. The molecule has 3 saturated carbocycles. The third kappa shape index (κ3) is 2.89. The standard InChI is InChI=1S/C26H38O4/c1-15(6-5-7-22(28)29-4)18-10-11-19-17-9-8-16-14-21(27)23-24(30-23)26(16,3)20(17)12-13-25(18,19)2/h8-9,15,18-21,23-24,27H,5-7,10-14H2,1-4H3/t15?,18-,19+,20+,21-,23+,24+,25-,26+/m1/s1. The van der Waals surface area contributed by atoms with Crippen molar-refractivity contribution >= 4 is 5.97 Å². The number of rotatable bonds is 5. The van der Waals surface area contributed by atoms with Crippen LogP contribution in [-0.4, -0.2) is 36.5 Å². The lowest BCUT2D eigenvalue weighted by Gasteiger charge is -2.54. The van der Waals surface area contributed by atoms with E-state index in [2.05, 4.69) is 32.9 Å². The molecule has 30 heavy (non-hydrogen) atoms. The molecule has 4 aliphatic carbocycles. The van der Waals surface area contributed by atoms with Crippen molar-refractivity contribution in [2.75, 3.05) is 7.11 Å². The van der Waals surface area contributed by atoms with E-state index in [9.17, 15) is 9.90 Å². The van der Waals surface area contributed by atoms with Gasteiger partial charge in [0, 0.05) is 11.8 Å². The molecule has 5 rings (SSSR count). The lowest BCUT2D eigenvalue weighted by molar-refractivity contribution is -0.140. The van der Waals surface area contributed by atoms with Gasteiger partial charge in [-0.3, -0.25) is 4.79 Å². The Bertz CT molecular complexity index is 784. The van der Waals surface area contributed by atoms with Crippen molar-refractivity contribution in [1.29, 1.82) is 0 Å². The van der Waals surface area contributed by atoms with Gasteiger partial charge in [-0.2, -0.15) is 0 Å². The SMILES string of the molecule is COC(=O)CCCC(C)[C@H]1CC[C@H]2C3=CC=C4C[C@@H](O)[C@@H]5O[C@@H]5[C@]4(C)[C@H]3CC[C@]12C. The minimum Gasteiger partial charge on any atom is -0.469 e. The Labute approximate surface area is 181 Å². The Balaban J connectivity index is 1.34. The number of hydrogen-bond acceptors (Lipinski definition) is 4. The van der Waals surface area contributed by atoms with E-state index in [0.717, 1.165) is 25.2 Å². The van der Waals surface area contributed by atoms with Crippen molar-refractivity contribution in [3.8, 4) is 0 Å². The molecule has 5 aliphatic rings. The molecule has 1 unspecified atom stereocenters. The predicted molar refractivity (Wildman–Crippen MR) is 116 cm³/mol. The topological polar surface area (TPSA) is 59.1 Å². The van der Waals surface area contributed by atoms with Gasteiger partial charge < -0.3 is 14.6 Å². The predicted octanol–water partition coefficient (Wildman–Crippen LogP) is 4.81. The second-order valence-corrected chi connectivity index (χ2v) is 11.2. The summed E-state index contributed by atoms with van der Waals surface area (Å²) in [5.74, 6) is 2.54. The van der Waals surface area contributed by atoms with Crippen molar-refractivity contribution in [2.45, 2.75) is 90.4 Å². The Morgan fingerprint density at radius 3 is 2.83 bits per heavy atom. The molecule has 0 aromatic rings. The van der Waals surface area contributed by atoms with Gasteiger partial charge in [-0.25, -0.2) is 0 Å². The molecular formula is C26H38O4. The number of fused-ring (bicyclic) bond motifs is 7. The monoisotopic (exact) mass is 414 g/mol. The van der Waals surface area contributed by atoms with Crippen molar-refractivity contribution in [1.82, 2.24) is 0 Å². The highest BCUT2D eigenvalue weighted by molar-refractivity contribution is 5.68. The molecule has 1 N–H and O–H groups in total. The fourth-order valence-corrected chi connectivity index (χ4v) is 8.23. The molecule has 0 bridgehead atoms. The average Bonchev–Trinajstić information content (AvgIpc) is 3.46. The summed E-state index contributed by atoms with van der Waals surface area (Å²) in [4.78, 5) is 11.5. The summed E-state index contributed by atoms with van der Waals surface area (Å²) in [6.45, 7) is 7.37.